The van der Waals surface area contributed by atoms with Crippen LogP contribution in [-0.2, 0) is 20.7 Å². The number of hydrogen-bond donors (Lipinski definition) is 1. The maximum absolute atomic E-state index is 12.5. The number of benzene rings is 2. The lowest BCUT2D eigenvalue weighted by Gasteiger charge is -2.22. The van der Waals surface area contributed by atoms with Gasteiger partial charge < -0.3 is 10.1 Å². The molecule has 0 unspecified atom stereocenters. The highest BCUT2D eigenvalue weighted by molar-refractivity contribution is 5.95. The van der Waals surface area contributed by atoms with Crippen molar-refractivity contribution in [1.29, 1.82) is 0 Å². The molecule has 0 saturated heterocycles. The molecule has 4 nitrogen and oxygen atoms in total. The first kappa shape index (κ1) is 17.7. The van der Waals surface area contributed by atoms with Crippen molar-refractivity contribution < 1.29 is 14.3 Å². The zero-order valence-corrected chi connectivity index (χ0v) is 14.1. The van der Waals surface area contributed by atoms with Gasteiger partial charge in [0.1, 0.15) is 0 Å². The molecule has 0 saturated carbocycles. The van der Waals surface area contributed by atoms with E-state index in [9.17, 15) is 9.59 Å². The fourth-order valence-corrected chi connectivity index (χ4v) is 2.32. The lowest BCUT2D eigenvalue weighted by molar-refractivity contribution is -0.156. The van der Waals surface area contributed by atoms with Gasteiger partial charge in [0.05, 0.1) is 6.42 Å². The summed E-state index contributed by atoms with van der Waals surface area (Å²) in [6, 6.07) is 18.5. The SMILES string of the molecule is CC[C@@H](C)[C@@H](OC(=O)Cc1ccccc1)C(=O)Nc1ccccc1. The van der Waals surface area contributed by atoms with E-state index in [1.807, 2.05) is 62.4 Å². The predicted molar refractivity (Wildman–Crippen MR) is 94.6 cm³/mol. The molecule has 126 valence electrons. The largest absolute Gasteiger partial charge is 0.452 e. The standard InChI is InChI=1S/C20H23NO3/c1-3-15(2)19(20(23)21-17-12-8-5-9-13-17)24-18(22)14-16-10-6-4-7-11-16/h4-13,15,19H,3,14H2,1-2H3,(H,21,23)/t15-,19-/m1/s1. The van der Waals surface area contributed by atoms with Crippen LogP contribution < -0.4 is 5.32 Å². The Labute approximate surface area is 142 Å². The van der Waals surface area contributed by atoms with E-state index in [0.29, 0.717) is 5.69 Å². The van der Waals surface area contributed by atoms with E-state index in [1.54, 1.807) is 12.1 Å². The van der Waals surface area contributed by atoms with Gasteiger partial charge in [-0.3, -0.25) is 9.59 Å². The van der Waals surface area contributed by atoms with Crippen LogP contribution in [0.15, 0.2) is 60.7 Å². The lowest BCUT2D eigenvalue weighted by atomic mass is 10.0. The van der Waals surface area contributed by atoms with E-state index >= 15 is 0 Å². The Morgan fingerprint density at radius 1 is 1.00 bits per heavy atom. The van der Waals surface area contributed by atoms with Gasteiger partial charge in [-0.05, 0) is 24.1 Å². The second kappa shape index (κ2) is 8.87. The number of para-hydroxylation sites is 1. The number of nitrogens with one attached hydrogen (secondary N) is 1. The van der Waals surface area contributed by atoms with Crippen LogP contribution in [0.5, 0.6) is 0 Å². The van der Waals surface area contributed by atoms with Crippen LogP contribution in [-0.4, -0.2) is 18.0 Å². The number of carbonyl (C=O) groups is 2. The minimum Gasteiger partial charge on any atom is -0.452 e. The van der Waals surface area contributed by atoms with Crippen molar-refractivity contribution in [3.05, 3.63) is 66.2 Å². The van der Waals surface area contributed by atoms with E-state index in [2.05, 4.69) is 5.32 Å². The van der Waals surface area contributed by atoms with Crippen molar-refractivity contribution >= 4 is 17.6 Å². The highest BCUT2D eigenvalue weighted by Crippen LogP contribution is 2.16. The first-order valence-electron chi connectivity index (χ1n) is 8.19. The number of amides is 1. The maximum atomic E-state index is 12.5. The van der Waals surface area contributed by atoms with Crippen molar-refractivity contribution in [3.63, 3.8) is 0 Å². The van der Waals surface area contributed by atoms with E-state index in [0.717, 1.165) is 12.0 Å². The number of rotatable bonds is 7. The normalized spacial score (nSPS) is 12.9. The van der Waals surface area contributed by atoms with Gasteiger partial charge in [-0.25, -0.2) is 0 Å². The van der Waals surface area contributed by atoms with Crippen molar-refractivity contribution in [3.8, 4) is 0 Å². The molecule has 0 aliphatic carbocycles. The van der Waals surface area contributed by atoms with Gasteiger partial charge in [0.2, 0.25) is 0 Å². The summed E-state index contributed by atoms with van der Waals surface area (Å²) in [5.74, 6) is -0.750. The van der Waals surface area contributed by atoms with Crippen LogP contribution in [0.25, 0.3) is 0 Å². The van der Waals surface area contributed by atoms with Crippen LogP contribution in [0.4, 0.5) is 5.69 Å². The molecule has 0 aliphatic rings. The van der Waals surface area contributed by atoms with E-state index < -0.39 is 12.1 Å². The molecule has 2 aromatic carbocycles. The molecule has 0 spiro atoms. The third-order valence-electron chi connectivity index (χ3n) is 3.91. The summed E-state index contributed by atoms with van der Waals surface area (Å²) in [4.78, 5) is 24.7. The lowest BCUT2D eigenvalue weighted by Crippen LogP contribution is -2.37. The molecule has 0 heterocycles. The second-order valence-corrected chi connectivity index (χ2v) is 5.81. The summed E-state index contributed by atoms with van der Waals surface area (Å²) >= 11 is 0. The molecule has 0 radical (unpaired) electrons. The summed E-state index contributed by atoms with van der Waals surface area (Å²) in [5, 5.41) is 2.81. The Bertz CT molecular complexity index is 655. The molecule has 4 heteroatoms. The highest BCUT2D eigenvalue weighted by Gasteiger charge is 2.28. The molecule has 0 bridgehead atoms. The third kappa shape index (κ3) is 5.23. The Kier molecular flexibility index (Phi) is 6.55. The van der Waals surface area contributed by atoms with Crippen molar-refractivity contribution in [2.75, 3.05) is 5.32 Å². The molecule has 24 heavy (non-hydrogen) atoms. The van der Waals surface area contributed by atoms with E-state index in [-0.39, 0.29) is 18.2 Å². The average molecular weight is 325 g/mol. The topological polar surface area (TPSA) is 55.4 Å². The summed E-state index contributed by atoms with van der Waals surface area (Å²) in [6.45, 7) is 3.88. The predicted octanol–water partition coefficient (Wildman–Crippen LogP) is 3.83. The maximum Gasteiger partial charge on any atom is 0.311 e. The fraction of sp³-hybridized carbons (Fsp3) is 0.300. The zero-order valence-electron chi connectivity index (χ0n) is 14.1. The van der Waals surface area contributed by atoms with Crippen molar-refractivity contribution in [2.24, 2.45) is 5.92 Å². The van der Waals surface area contributed by atoms with E-state index in [4.69, 9.17) is 4.74 Å². The molecule has 1 N–H and O–H groups in total. The van der Waals surface area contributed by atoms with Gasteiger partial charge in [0.15, 0.2) is 6.10 Å². The Hall–Kier alpha value is -2.62. The first-order chi connectivity index (χ1) is 11.6. The smallest absolute Gasteiger partial charge is 0.311 e. The molecule has 1 amide bonds. The van der Waals surface area contributed by atoms with Gasteiger partial charge in [0, 0.05) is 11.6 Å². The van der Waals surface area contributed by atoms with Crippen LogP contribution in [0, 0.1) is 5.92 Å². The monoisotopic (exact) mass is 325 g/mol. The second-order valence-electron chi connectivity index (χ2n) is 5.81. The van der Waals surface area contributed by atoms with Gasteiger partial charge in [0.25, 0.3) is 5.91 Å². The van der Waals surface area contributed by atoms with Crippen LogP contribution in [0.1, 0.15) is 25.8 Å². The van der Waals surface area contributed by atoms with Gasteiger partial charge in [-0.1, -0.05) is 62.4 Å². The summed E-state index contributed by atoms with van der Waals surface area (Å²) in [5.41, 5.74) is 1.56. The van der Waals surface area contributed by atoms with Crippen molar-refractivity contribution in [2.45, 2.75) is 32.8 Å². The summed E-state index contributed by atoms with van der Waals surface area (Å²) in [6.07, 6.45) is 0.101. The number of hydrogen-bond acceptors (Lipinski definition) is 3. The van der Waals surface area contributed by atoms with Gasteiger partial charge >= 0.3 is 5.97 Å². The Morgan fingerprint density at radius 2 is 1.58 bits per heavy atom. The van der Waals surface area contributed by atoms with Crippen molar-refractivity contribution in [1.82, 2.24) is 0 Å². The van der Waals surface area contributed by atoms with Gasteiger partial charge in [-0.2, -0.15) is 0 Å². The number of carbonyl (C=O) groups excluding carboxylic acids is 2. The Morgan fingerprint density at radius 3 is 2.17 bits per heavy atom. The number of ether oxygens (including phenoxy) is 1. The summed E-state index contributed by atoms with van der Waals surface area (Å²) < 4.78 is 5.49. The molecule has 0 aliphatic heterocycles. The molecule has 2 rings (SSSR count). The zero-order chi connectivity index (χ0) is 17.4. The summed E-state index contributed by atoms with van der Waals surface area (Å²) in [7, 11) is 0. The molecule has 2 aromatic rings. The average Bonchev–Trinajstić information content (AvgIpc) is 2.60. The number of esters is 1. The minimum absolute atomic E-state index is 0.0616. The minimum atomic E-state index is -0.800. The molecular weight excluding hydrogens is 302 g/mol. The molecule has 0 aromatic heterocycles. The van der Waals surface area contributed by atoms with Crippen LogP contribution >= 0.6 is 0 Å². The van der Waals surface area contributed by atoms with E-state index in [1.165, 1.54) is 0 Å². The molecule has 2 atom stereocenters. The van der Waals surface area contributed by atoms with Crippen LogP contribution in [0.2, 0.25) is 0 Å². The molecule has 0 fully saturated rings. The first-order valence-corrected chi connectivity index (χ1v) is 8.19. The Balaban J connectivity index is 2.02. The quantitative estimate of drug-likeness (QED) is 0.787. The fourth-order valence-electron chi connectivity index (χ4n) is 2.32. The number of anilines is 1. The highest BCUT2D eigenvalue weighted by atomic mass is 16.5. The van der Waals surface area contributed by atoms with Crippen LogP contribution in [0.3, 0.4) is 0 Å². The molecular formula is C20H23NO3. The third-order valence-corrected chi connectivity index (χ3v) is 3.91. The van der Waals surface area contributed by atoms with Gasteiger partial charge in [-0.15, -0.1) is 0 Å².